The van der Waals surface area contributed by atoms with Gasteiger partial charge in [0.1, 0.15) is 5.82 Å². The van der Waals surface area contributed by atoms with Crippen LogP contribution in [0, 0.1) is 0 Å². The van der Waals surface area contributed by atoms with Crippen molar-refractivity contribution in [2.24, 2.45) is 4.99 Å². The summed E-state index contributed by atoms with van der Waals surface area (Å²) in [5, 5.41) is 0. The lowest BCUT2D eigenvalue weighted by atomic mass is 9.79. The molecule has 162 valence electrons. The van der Waals surface area contributed by atoms with Crippen LogP contribution in [0.1, 0.15) is 49.9 Å². The Morgan fingerprint density at radius 3 is 2.45 bits per heavy atom. The van der Waals surface area contributed by atoms with Crippen molar-refractivity contribution in [2.45, 2.75) is 38.5 Å². The highest BCUT2D eigenvalue weighted by atomic mass is 15.1. The van der Waals surface area contributed by atoms with Gasteiger partial charge in [-0.1, -0.05) is 63.2 Å². The van der Waals surface area contributed by atoms with E-state index in [4.69, 9.17) is 4.98 Å². The quantitative estimate of drug-likeness (QED) is 0.350. The molecular formula is C29H26N4. The second-order valence-electron chi connectivity index (χ2n) is 9.79. The predicted octanol–water partition coefficient (Wildman–Crippen LogP) is 6.81. The summed E-state index contributed by atoms with van der Waals surface area (Å²) in [6.07, 6.45) is 8.68. The number of hydrogen-bond acceptors (Lipinski definition) is 3. The largest absolute Gasteiger partial charge is 0.295 e. The van der Waals surface area contributed by atoms with E-state index in [1.54, 1.807) is 0 Å². The van der Waals surface area contributed by atoms with Crippen molar-refractivity contribution in [1.82, 2.24) is 14.5 Å². The van der Waals surface area contributed by atoms with E-state index in [9.17, 15) is 0 Å². The third kappa shape index (κ3) is 3.17. The Kier molecular flexibility index (Phi) is 4.44. The van der Waals surface area contributed by atoms with Gasteiger partial charge >= 0.3 is 0 Å². The average molecular weight is 431 g/mol. The van der Waals surface area contributed by atoms with Crippen LogP contribution in [-0.2, 0) is 5.41 Å². The lowest BCUT2D eigenvalue weighted by molar-refractivity contribution is 0.590. The van der Waals surface area contributed by atoms with Gasteiger partial charge in [0.2, 0.25) is 0 Å². The molecule has 3 heterocycles. The zero-order valence-electron chi connectivity index (χ0n) is 19.2. The van der Waals surface area contributed by atoms with Crippen molar-refractivity contribution < 1.29 is 0 Å². The molecular weight excluding hydrogens is 404 g/mol. The van der Waals surface area contributed by atoms with E-state index in [1.807, 2.05) is 30.9 Å². The number of aliphatic imine (C=N–C) groups is 1. The van der Waals surface area contributed by atoms with Crippen molar-refractivity contribution in [2.75, 3.05) is 0 Å². The summed E-state index contributed by atoms with van der Waals surface area (Å²) in [7, 11) is 0. The Balaban J connectivity index is 1.66. The number of benzene rings is 2. The maximum absolute atomic E-state index is 5.26. The molecule has 0 fully saturated rings. The first-order valence-corrected chi connectivity index (χ1v) is 11.5. The van der Waals surface area contributed by atoms with Crippen molar-refractivity contribution in [3.05, 3.63) is 96.1 Å². The Labute approximate surface area is 194 Å². The van der Waals surface area contributed by atoms with Crippen molar-refractivity contribution in [1.29, 1.82) is 0 Å². The maximum Gasteiger partial charge on any atom is 0.145 e. The molecule has 1 unspecified atom stereocenters. The van der Waals surface area contributed by atoms with Crippen molar-refractivity contribution >= 4 is 11.8 Å². The maximum atomic E-state index is 5.26. The standard InChI is InChI=1S/C29H26N4/c1-29(2,3)20-9-11-21(12-10-20)33-27-23-14-16-31-18-25(23)24-17-30-15-13-22(24)26(27)32-28(33)19-7-5-4-6-8-19/h4-13,15-18,23H,14H2,1-3H3. The van der Waals surface area contributed by atoms with Gasteiger partial charge < -0.3 is 0 Å². The Hall–Kier alpha value is -3.79. The first-order chi connectivity index (χ1) is 16.0. The monoisotopic (exact) mass is 430 g/mol. The number of imidazole rings is 1. The number of aromatic nitrogens is 3. The van der Waals surface area contributed by atoms with Gasteiger partial charge in [0.15, 0.2) is 0 Å². The van der Waals surface area contributed by atoms with Gasteiger partial charge in [-0.2, -0.15) is 0 Å². The lowest BCUT2D eigenvalue weighted by Crippen LogP contribution is -2.17. The predicted molar refractivity (Wildman–Crippen MR) is 135 cm³/mol. The summed E-state index contributed by atoms with van der Waals surface area (Å²) < 4.78 is 2.36. The molecule has 4 heteroatoms. The second kappa shape index (κ2) is 7.38. The minimum absolute atomic E-state index is 0.108. The van der Waals surface area contributed by atoms with Crippen LogP contribution in [0.5, 0.6) is 0 Å². The zero-order valence-corrected chi connectivity index (χ0v) is 19.2. The molecule has 0 N–H and O–H groups in total. The molecule has 0 saturated carbocycles. The fourth-order valence-electron chi connectivity index (χ4n) is 4.97. The molecule has 0 spiro atoms. The van der Waals surface area contributed by atoms with E-state index in [1.165, 1.54) is 16.8 Å². The normalized spacial score (nSPS) is 16.6. The highest BCUT2D eigenvalue weighted by Crippen LogP contribution is 2.50. The summed E-state index contributed by atoms with van der Waals surface area (Å²) in [6, 6.07) is 21.5. The van der Waals surface area contributed by atoms with Gasteiger partial charge in [-0.3, -0.25) is 14.5 Å². The molecule has 6 rings (SSSR count). The van der Waals surface area contributed by atoms with E-state index in [0.717, 1.165) is 40.3 Å². The van der Waals surface area contributed by atoms with Crippen LogP contribution in [0.4, 0.5) is 0 Å². The summed E-state index contributed by atoms with van der Waals surface area (Å²) in [6.45, 7) is 6.75. The molecule has 2 aromatic carbocycles. The summed E-state index contributed by atoms with van der Waals surface area (Å²) >= 11 is 0. The van der Waals surface area contributed by atoms with Crippen LogP contribution in [0.2, 0.25) is 0 Å². The number of fused-ring (bicyclic) bond motifs is 6. The Morgan fingerprint density at radius 2 is 1.70 bits per heavy atom. The van der Waals surface area contributed by atoms with Gasteiger partial charge in [0.25, 0.3) is 0 Å². The highest BCUT2D eigenvalue weighted by molar-refractivity contribution is 5.92. The van der Waals surface area contributed by atoms with Crippen LogP contribution < -0.4 is 0 Å². The molecule has 33 heavy (non-hydrogen) atoms. The molecule has 0 saturated heterocycles. The van der Waals surface area contributed by atoms with Gasteiger partial charge in [0.05, 0.1) is 11.4 Å². The second-order valence-corrected chi connectivity index (χ2v) is 9.79. The molecule has 2 aliphatic rings. The average Bonchev–Trinajstić information content (AvgIpc) is 3.25. The number of rotatable bonds is 2. The van der Waals surface area contributed by atoms with E-state index in [0.29, 0.717) is 0 Å². The molecule has 2 aromatic heterocycles. The third-order valence-corrected chi connectivity index (χ3v) is 6.69. The van der Waals surface area contributed by atoms with Crippen molar-refractivity contribution in [3.63, 3.8) is 0 Å². The molecule has 1 aliphatic heterocycles. The molecule has 0 bridgehead atoms. The van der Waals surface area contributed by atoms with Gasteiger partial charge in [-0.05, 0) is 41.2 Å². The van der Waals surface area contributed by atoms with Crippen LogP contribution in [0.15, 0.2) is 84.2 Å². The fraction of sp³-hybridized carbons (Fsp3) is 0.207. The zero-order chi connectivity index (χ0) is 22.6. The molecule has 4 nitrogen and oxygen atoms in total. The van der Waals surface area contributed by atoms with Gasteiger partial charge in [-0.15, -0.1) is 0 Å². The Morgan fingerprint density at radius 1 is 0.909 bits per heavy atom. The summed E-state index contributed by atoms with van der Waals surface area (Å²) in [5.41, 5.74) is 9.44. The lowest BCUT2D eigenvalue weighted by Gasteiger charge is -2.29. The molecule has 0 amide bonds. The minimum Gasteiger partial charge on any atom is -0.295 e. The van der Waals surface area contributed by atoms with Crippen molar-refractivity contribution in [3.8, 4) is 28.3 Å². The van der Waals surface area contributed by atoms with Gasteiger partial charge in [-0.25, -0.2) is 4.98 Å². The number of pyridine rings is 1. The van der Waals surface area contributed by atoms with Crippen LogP contribution in [-0.4, -0.2) is 20.7 Å². The van der Waals surface area contributed by atoms with E-state index in [-0.39, 0.29) is 11.3 Å². The molecule has 4 aromatic rings. The topological polar surface area (TPSA) is 43.1 Å². The van der Waals surface area contributed by atoms with Crippen LogP contribution in [0.3, 0.4) is 0 Å². The third-order valence-electron chi connectivity index (χ3n) is 6.69. The smallest absolute Gasteiger partial charge is 0.145 e. The first-order valence-electron chi connectivity index (χ1n) is 11.5. The SMILES string of the molecule is CC(C)(C)c1ccc(-n2c(-c3ccccc3)nc3c2C2CC=NC=C2c2cnccc2-3)cc1. The number of allylic oxidation sites excluding steroid dienone is 1. The molecule has 1 aliphatic carbocycles. The van der Waals surface area contributed by atoms with E-state index in [2.05, 4.69) is 89.9 Å². The van der Waals surface area contributed by atoms with Crippen LogP contribution >= 0.6 is 0 Å². The highest BCUT2D eigenvalue weighted by Gasteiger charge is 2.36. The van der Waals surface area contributed by atoms with Gasteiger partial charge in [0, 0.05) is 53.1 Å². The summed E-state index contributed by atoms with van der Waals surface area (Å²) in [4.78, 5) is 14.2. The molecule has 0 radical (unpaired) electrons. The number of hydrogen-bond donors (Lipinski definition) is 0. The Bertz CT molecular complexity index is 1400. The fourth-order valence-corrected chi connectivity index (χ4v) is 4.97. The molecule has 1 atom stereocenters. The van der Waals surface area contributed by atoms with Crippen LogP contribution in [0.25, 0.3) is 33.9 Å². The van der Waals surface area contributed by atoms with E-state index < -0.39 is 0 Å². The first kappa shape index (κ1) is 19.9. The minimum atomic E-state index is 0.108. The number of nitrogens with zero attached hydrogens (tertiary/aromatic N) is 4. The summed E-state index contributed by atoms with van der Waals surface area (Å²) in [5.74, 6) is 1.16. The van der Waals surface area contributed by atoms with E-state index >= 15 is 0 Å².